The summed E-state index contributed by atoms with van der Waals surface area (Å²) in [6.07, 6.45) is 6.13. The highest BCUT2D eigenvalue weighted by molar-refractivity contribution is 5.58. The first-order valence-electron chi connectivity index (χ1n) is 3.19. The van der Waals surface area contributed by atoms with Crippen LogP contribution in [0.1, 0.15) is 6.42 Å². The van der Waals surface area contributed by atoms with Gasteiger partial charge in [-0.15, -0.1) is 0 Å². The molecule has 1 heterocycles. The van der Waals surface area contributed by atoms with E-state index in [1.165, 1.54) is 0 Å². The SMILES string of the molecule is O=CC1OC2C=CC1C2. The van der Waals surface area contributed by atoms with Crippen molar-refractivity contribution >= 4 is 6.29 Å². The van der Waals surface area contributed by atoms with Crippen LogP contribution in [-0.4, -0.2) is 18.5 Å². The van der Waals surface area contributed by atoms with Crippen molar-refractivity contribution in [2.45, 2.75) is 18.6 Å². The first kappa shape index (κ1) is 5.18. The van der Waals surface area contributed by atoms with E-state index in [0.717, 1.165) is 12.7 Å². The van der Waals surface area contributed by atoms with Crippen molar-refractivity contribution < 1.29 is 9.53 Å². The summed E-state index contributed by atoms with van der Waals surface area (Å²) in [5.41, 5.74) is 0. The first-order valence-corrected chi connectivity index (χ1v) is 3.19. The Morgan fingerprint density at radius 1 is 1.56 bits per heavy atom. The minimum atomic E-state index is -0.139. The summed E-state index contributed by atoms with van der Waals surface area (Å²) in [5.74, 6) is 0.382. The lowest BCUT2D eigenvalue weighted by atomic mass is 10.1. The smallest absolute Gasteiger partial charge is 0.149 e. The van der Waals surface area contributed by atoms with Crippen LogP contribution >= 0.6 is 0 Å². The summed E-state index contributed by atoms with van der Waals surface area (Å²) in [6.45, 7) is 0. The zero-order valence-electron chi connectivity index (χ0n) is 4.99. The van der Waals surface area contributed by atoms with Gasteiger partial charge in [0.2, 0.25) is 0 Å². The third-order valence-corrected chi connectivity index (χ3v) is 1.97. The van der Waals surface area contributed by atoms with E-state index in [-0.39, 0.29) is 12.2 Å². The average Bonchev–Trinajstić information content (AvgIpc) is 2.45. The van der Waals surface area contributed by atoms with Gasteiger partial charge in [-0.3, -0.25) is 0 Å². The molecule has 0 amide bonds. The van der Waals surface area contributed by atoms with Gasteiger partial charge in [0, 0.05) is 5.92 Å². The highest BCUT2D eigenvalue weighted by Crippen LogP contribution is 2.32. The molecule has 0 N–H and O–H groups in total. The Labute approximate surface area is 53.5 Å². The molecule has 3 unspecified atom stereocenters. The Morgan fingerprint density at radius 3 is 2.78 bits per heavy atom. The number of hydrogen-bond donors (Lipinski definition) is 0. The number of hydrogen-bond acceptors (Lipinski definition) is 2. The van der Waals surface area contributed by atoms with Gasteiger partial charge in [0.25, 0.3) is 0 Å². The van der Waals surface area contributed by atoms with Crippen LogP contribution in [-0.2, 0) is 9.53 Å². The molecule has 0 saturated carbocycles. The van der Waals surface area contributed by atoms with Crippen LogP contribution in [0, 0.1) is 5.92 Å². The lowest BCUT2D eigenvalue weighted by Gasteiger charge is -2.10. The summed E-state index contributed by atoms with van der Waals surface area (Å²) in [6, 6.07) is 0. The molecule has 1 fully saturated rings. The first-order chi connectivity index (χ1) is 4.40. The maximum absolute atomic E-state index is 10.2. The molecule has 2 aliphatic rings. The molecule has 2 rings (SSSR count). The molecule has 0 radical (unpaired) electrons. The Kier molecular flexibility index (Phi) is 0.963. The number of carbonyl (C=O) groups excluding carboxylic acids is 1. The van der Waals surface area contributed by atoms with E-state index in [9.17, 15) is 4.79 Å². The predicted octanol–water partition coefficient (Wildman–Crippen LogP) is 0.529. The van der Waals surface area contributed by atoms with Crippen molar-refractivity contribution in [3.8, 4) is 0 Å². The molecule has 1 saturated heterocycles. The molecule has 2 heteroatoms. The molecular weight excluding hydrogens is 116 g/mol. The van der Waals surface area contributed by atoms with Gasteiger partial charge in [-0.25, -0.2) is 0 Å². The van der Waals surface area contributed by atoms with Crippen molar-refractivity contribution in [3.05, 3.63) is 12.2 Å². The molecule has 48 valence electrons. The van der Waals surface area contributed by atoms with E-state index in [1.807, 2.05) is 6.08 Å². The predicted molar refractivity (Wildman–Crippen MR) is 32.0 cm³/mol. The molecule has 0 spiro atoms. The molecular formula is C7H8O2. The molecule has 1 aliphatic carbocycles. The molecule has 0 aromatic rings. The van der Waals surface area contributed by atoms with Gasteiger partial charge < -0.3 is 9.53 Å². The van der Waals surface area contributed by atoms with Gasteiger partial charge in [0.15, 0.2) is 0 Å². The van der Waals surface area contributed by atoms with E-state index in [4.69, 9.17) is 4.74 Å². The molecule has 0 aromatic heterocycles. The lowest BCUT2D eigenvalue weighted by molar-refractivity contribution is -0.117. The normalized spacial score (nSPS) is 46.0. The van der Waals surface area contributed by atoms with E-state index in [0.29, 0.717) is 5.92 Å². The highest BCUT2D eigenvalue weighted by atomic mass is 16.5. The summed E-state index contributed by atoms with van der Waals surface area (Å²) in [7, 11) is 0. The molecule has 9 heavy (non-hydrogen) atoms. The Bertz CT molecular complexity index is 162. The van der Waals surface area contributed by atoms with E-state index in [2.05, 4.69) is 6.08 Å². The summed E-state index contributed by atoms with van der Waals surface area (Å²) >= 11 is 0. The number of carbonyl (C=O) groups is 1. The number of fused-ring (bicyclic) bond motifs is 2. The molecule has 1 aliphatic heterocycles. The Balaban J connectivity index is 2.19. The van der Waals surface area contributed by atoms with E-state index < -0.39 is 0 Å². The second-order valence-corrected chi connectivity index (χ2v) is 2.56. The fourth-order valence-corrected chi connectivity index (χ4v) is 1.47. The second kappa shape index (κ2) is 1.67. The van der Waals surface area contributed by atoms with Crippen LogP contribution in [0.15, 0.2) is 12.2 Å². The number of ether oxygens (including phenoxy) is 1. The van der Waals surface area contributed by atoms with Gasteiger partial charge >= 0.3 is 0 Å². The Morgan fingerprint density at radius 2 is 2.44 bits per heavy atom. The minimum absolute atomic E-state index is 0.139. The fraction of sp³-hybridized carbons (Fsp3) is 0.571. The van der Waals surface area contributed by atoms with Crippen molar-refractivity contribution in [2.24, 2.45) is 5.92 Å². The Hall–Kier alpha value is -0.630. The maximum atomic E-state index is 10.2. The number of rotatable bonds is 1. The molecule has 2 bridgehead atoms. The molecule has 3 atom stereocenters. The van der Waals surface area contributed by atoms with Crippen LogP contribution < -0.4 is 0 Å². The van der Waals surface area contributed by atoms with Crippen LogP contribution in [0.5, 0.6) is 0 Å². The van der Waals surface area contributed by atoms with Crippen molar-refractivity contribution in [2.75, 3.05) is 0 Å². The third-order valence-electron chi connectivity index (χ3n) is 1.97. The van der Waals surface area contributed by atoms with Crippen LogP contribution in [0.25, 0.3) is 0 Å². The topological polar surface area (TPSA) is 26.3 Å². The fourth-order valence-electron chi connectivity index (χ4n) is 1.47. The van der Waals surface area contributed by atoms with Crippen molar-refractivity contribution in [1.82, 2.24) is 0 Å². The maximum Gasteiger partial charge on any atom is 0.149 e. The van der Waals surface area contributed by atoms with E-state index in [1.54, 1.807) is 0 Å². The average molecular weight is 124 g/mol. The zero-order chi connectivity index (χ0) is 6.27. The van der Waals surface area contributed by atoms with Gasteiger partial charge in [-0.1, -0.05) is 12.2 Å². The van der Waals surface area contributed by atoms with Crippen molar-refractivity contribution in [1.29, 1.82) is 0 Å². The monoisotopic (exact) mass is 124 g/mol. The highest BCUT2D eigenvalue weighted by Gasteiger charge is 2.35. The van der Waals surface area contributed by atoms with Gasteiger partial charge in [0.05, 0.1) is 6.10 Å². The van der Waals surface area contributed by atoms with Crippen molar-refractivity contribution in [3.63, 3.8) is 0 Å². The van der Waals surface area contributed by atoms with Gasteiger partial charge in [0.1, 0.15) is 12.4 Å². The lowest BCUT2D eigenvalue weighted by Crippen LogP contribution is -2.18. The van der Waals surface area contributed by atoms with E-state index >= 15 is 0 Å². The van der Waals surface area contributed by atoms with Crippen LogP contribution in [0.4, 0.5) is 0 Å². The summed E-state index contributed by atoms with van der Waals surface area (Å²) in [4.78, 5) is 10.2. The largest absolute Gasteiger partial charge is 0.363 e. The third kappa shape index (κ3) is 0.630. The van der Waals surface area contributed by atoms with Crippen LogP contribution in [0.3, 0.4) is 0 Å². The van der Waals surface area contributed by atoms with Gasteiger partial charge in [-0.2, -0.15) is 0 Å². The zero-order valence-corrected chi connectivity index (χ0v) is 4.99. The molecule has 2 nitrogen and oxygen atoms in total. The standard InChI is InChI=1S/C7H8O2/c8-4-7-5-1-2-6(3-5)9-7/h1-2,4-7H,3H2. The second-order valence-electron chi connectivity index (χ2n) is 2.56. The quantitative estimate of drug-likeness (QED) is 0.376. The minimum Gasteiger partial charge on any atom is -0.363 e. The van der Waals surface area contributed by atoms with Gasteiger partial charge in [-0.05, 0) is 6.42 Å². The summed E-state index contributed by atoms with van der Waals surface area (Å²) < 4.78 is 5.25. The number of aldehydes is 1. The summed E-state index contributed by atoms with van der Waals surface area (Å²) in [5, 5.41) is 0. The van der Waals surface area contributed by atoms with Crippen LogP contribution in [0.2, 0.25) is 0 Å². The molecule has 0 aromatic carbocycles.